The average molecular weight is 390 g/mol. The van der Waals surface area contributed by atoms with Crippen molar-refractivity contribution in [2.24, 2.45) is 5.92 Å². The predicted molar refractivity (Wildman–Crippen MR) is 113 cm³/mol. The van der Waals surface area contributed by atoms with Crippen LogP contribution in [0.25, 0.3) is 12.2 Å². The zero-order chi connectivity index (χ0) is 20.2. The van der Waals surface area contributed by atoms with Crippen LogP contribution in [0.5, 0.6) is 0 Å². The van der Waals surface area contributed by atoms with Gasteiger partial charge in [-0.1, -0.05) is 71.8 Å². The summed E-state index contributed by atoms with van der Waals surface area (Å²) in [5.41, 5.74) is 4.54. The van der Waals surface area contributed by atoms with Crippen molar-refractivity contribution in [1.82, 2.24) is 0 Å². The van der Waals surface area contributed by atoms with E-state index in [1.807, 2.05) is 31.2 Å². The Kier molecular flexibility index (Phi) is 5.93. The van der Waals surface area contributed by atoms with Crippen LogP contribution in [0, 0.1) is 19.8 Å². The Morgan fingerprint density at radius 2 is 1.45 bits per heavy atom. The first-order valence-electron chi connectivity index (χ1n) is 10.0. The zero-order valence-electron chi connectivity index (χ0n) is 16.8. The second-order valence-electron chi connectivity index (χ2n) is 7.75. The highest BCUT2D eigenvalue weighted by atomic mass is 16.6. The van der Waals surface area contributed by atoms with Crippen molar-refractivity contribution >= 4 is 18.1 Å². The Morgan fingerprint density at radius 3 is 2.10 bits per heavy atom. The maximum absolute atomic E-state index is 12.2. The summed E-state index contributed by atoms with van der Waals surface area (Å²) in [6.07, 6.45) is 6.81. The van der Waals surface area contributed by atoms with Crippen molar-refractivity contribution < 1.29 is 19.0 Å². The second-order valence-corrected chi connectivity index (χ2v) is 7.75. The topological polar surface area (TPSA) is 44.8 Å². The number of fused-ring (bicyclic) bond motifs is 1. The summed E-state index contributed by atoms with van der Waals surface area (Å²) in [5.74, 6) is -0.213. The molecule has 0 bridgehead atoms. The number of esters is 1. The van der Waals surface area contributed by atoms with Gasteiger partial charge in [0.1, 0.15) is 6.10 Å². The molecule has 2 aromatic carbocycles. The standard InChI is InChI=1S/C25H26O4/c1-17-3-7-19(8-4-17)11-13-21-15-27-25-22(16-28-24(21)25)29-23(26)14-12-20-9-5-18(2)6-10-20/h3-14,21-22,24-25H,15-16H2,1-2H3/b13-11?,14-12+/t21-,22+,24+,25+/m0/s1. The van der Waals surface area contributed by atoms with Gasteiger partial charge in [0.05, 0.1) is 19.3 Å². The highest BCUT2D eigenvalue weighted by Gasteiger charge is 2.48. The number of benzene rings is 2. The highest BCUT2D eigenvalue weighted by molar-refractivity contribution is 5.87. The fourth-order valence-electron chi connectivity index (χ4n) is 3.70. The Balaban J connectivity index is 1.32. The summed E-state index contributed by atoms with van der Waals surface area (Å²) in [7, 11) is 0. The molecule has 29 heavy (non-hydrogen) atoms. The van der Waals surface area contributed by atoms with E-state index in [0.29, 0.717) is 13.2 Å². The van der Waals surface area contributed by atoms with Gasteiger partial charge < -0.3 is 14.2 Å². The fourth-order valence-corrected chi connectivity index (χ4v) is 3.70. The number of ether oxygens (including phenoxy) is 3. The van der Waals surface area contributed by atoms with Crippen LogP contribution >= 0.6 is 0 Å². The largest absolute Gasteiger partial charge is 0.454 e. The van der Waals surface area contributed by atoms with E-state index < -0.39 is 0 Å². The molecule has 2 saturated heterocycles. The molecule has 0 radical (unpaired) electrons. The van der Waals surface area contributed by atoms with Crippen molar-refractivity contribution in [2.75, 3.05) is 13.2 Å². The molecule has 0 saturated carbocycles. The molecule has 0 amide bonds. The molecule has 4 heteroatoms. The van der Waals surface area contributed by atoms with Gasteiger partial charge in [-0.05, 0) is 31.1 Å². The van der Waals surface area contributed by atoms with E-state index in [2.05, 4.69) is 43.3 Å². The van der Waals surface area contributed by atoms with Gasteiger partial charge in [0.15, 0.2) is 6.10 Å². The SMILES string of the molecule is Cc1ccc(C=C[C@H]2CO[C@H]3[C@@H]2OC[C@H]3OC(=O)/C=C/c2ccc(C)cc2)cc1. The van der Waals surface area contributed by atoms with Gasteiger partial charge in [-0.3, -0.25) is 0 Å². The molecule has 0 aliphatic carbocycles. The molecule has 2 heterocycles. The molecular formula is C25H26O4. The van der Waals surface area contributed by atoms with Crippen molar-refractivity contribution in [3.05, 3.63) is 82.9 Å². The van der Waals surface area contributed by atoms with Crippen LogP contribution in [-0.2, 0) is 19.0 Å². The van der Waals surface area contributed by atoms with Crippen LogP contribution in [0.1, 0.15) is 22.3 Å². The summed E-state index contributed by atoms with van der Waals surface area (Å²) >= 11 is 0. The fraction of sp³-hybridized carbons (Fsp3) is 0.320. The second kappa shape index (κ2) is 8.76. The van der Waals surface area contributed by atoms with Crippen molar-refractivity contribution in [1.29, 1.82) is 0 Å². The maximum atomic E-state index is 12.2. The van der Waals surface area contributed by atoms with E-state index in [1.165, 1.54) is 17.2 Å². The molecule has 0 unspecified atom stereocenters. The van der Waals surface area contributed by atoms with Crippen molar-refractivity contribution in [2.45, 2.75) is 32.2 Å². The first-order chi connectivity index (χ1) is 14.1. The molecule has 2 fully saturated rings. The van der Waals surface area contributed by atoms with Crippen LogP contribution in [0.4, 0.5) is 0 Å². The van der Waals surface area contributed by atoms with E-state index in [9.17, 15) is 4.79 Å². The van der Waals surface area contributed by atoms with E-state index in [1.54, 1.807) is 6.08 Å². The summed E-state index contributed by atoms with van der Waals surface area (Å²) in [6.45, 7) is 5.05. The average Bonchev–Trinajstić information content (AvgIpc) is 3.30. The Morgan fingerprint density at radius 1 is 0.862 bits per heavy atom. The van der Waals surface area contributed by atoms with Crippen molar-refractivity contribution in [3.8, 4) is 0 Å². The Labute approximate surface area is 171 Å². The molecular weight excluding hydrogens is 364 g/mol. The molecule has 0 aromatic heterocycles. The molecule has 2 aliphatic rings. The quantitative estimate of drug-likeness (QED) is 0.562. The maximum Gasteiger partial charge on any atom is 0.331 e. The third kappa shape index (κ3) is 4.84. The van der Waals surface area contributed by atoms with Crippen LogP contribution < -0.4 is 0 Å². The van der Waals surface area contributed by atoms with Crippen LogP contribution in [0.15, 0.2) is 60.7 Å². The molecule has 0 spiro atoms. The lowest BCUT2D eigenvalue weighted by Gasteiger charge is -2.15. The van der Waals surface area contributed by atoms with Crippen molar-refractivity contribution in [3.63, 3.8) is 0 Å². The smallest absolute Gasteiger partial charge is 0.331 e. The number of hydrogen-bond donors (Lipinski definition) is 0. The number of hydrogen-bond acceptors (Lipinski definition) is 4. The van der Waals surface area contributed by atoms with Gasteiger partial charge >= 0.3 is 5.97 Å². The van der Waals surface area contributed by atoms with E-state index >= 15 is 0 Å². The molecule has 4 atom stereocenters. The predicted octanol–water partition coefficient (Wildman–Crippen LogP) is 4.36. The minimum atomic E-state index is -0.373. The molecule has 150 valence electrons. The number of aryl methyl sites for hydroxylation is 2. The van der Waals surface area contributed by atoms with E-state index in [-0.39, 0.29) is 30.2 Å². The van der Waals surface area contributed by atoms with Gasteiger partial charge in [-0.15, -0.1) is 0 Å². The highest BCUT2D eigenvalue weighted by Crippen LogP contribution is 2.33. The van der Waals surface area contributed by atoms with E-state index in [0.717, 1.165) is 11.1 Å². The summed E-state index contributed by atoms with van der Waals surface area (Å²) in [5, 5.41) is 0. The summed E-state index contributed by atoms with van der Waals surface area (Å²) < 4.78 is 17.4. The van der Waals surface area contributed by atoms with E-state index in [4.69, 9.17) is 14.2 Å². The zero-order valence-corrected chi connectivity index (χ0v) is 16.8. The number of rotatable bonds is 5. The number of carbonyl (C=O) groups excluding carboxylic acids is 1. The van der Waals surface area contributed by atoms with Gasteiger partial charge in [0.25, 0.3) is 0 Å². The third-order valence-corrected chi connectivity index (χ3v) is 5.42. The number of carbonyl (C=O) groups is 1. The molecule has 2 aliphatic heterocycles. The van der Waals surface area contributed by atoms with Crippen LogP contribution in [0.2, 0.25) is 0 Å². The Bertz CT molecular complexity index is 895. The monoisotopic (exact) mass is 390 g/mol. The molecule has 2 aromatic rings. The lowest BCUT2D eigenvalue weighted by molar-refractivity contribution is -0.147. The minimum absolute atomic E-state index is 0.0735. The first kappa shape index (κ1) is 19.6. The summed E-state index contributed by atoms with van der Waals surface area (Å²) in [6, 6.07) is 16.4. The van der Waals surface area contributed by atoms with Gasteiger partial charge in [-0.2, -0.15) is 0 Å². The molecule has 4 rings (SSSR count). The van der Waals surface area contributed by atoms with Crippen LogP contribution in [0.3, 0.4) is 0 Å². The van der Waals surface area contributed by atoms with Gasteiger partial charge in [-0.25, -0.2) is 4.79 Å². The molecule has 0 N–H and O–H groups in total. The lowest BCUT2D eigenvalue weighted by Crippen LogP contribution is -2.32. The normalized spacial score (nSPS) is 26.3. The van der Waals surface area contributed by atoms with Gasteiger partial charge in [0, 0.05) is 12.0 Å². The molecule has 4 nitrogen and oxygen atoms in total. The van der Waals surface area contributed by atoms with Crippen LogP contribution in [-0.4, -0.2) is 37.5 Å². The summed E-state index contributed by atoms with van der Waals surface area (Å²) in [4.78, 5) is 12.2. The third-order valence-electron chi connectivity index (χ3n) is 5.42. The van der Waals surface area contributed by atoms with Gasteiger partial charge in [0.2, 0.25) is 0 Å². The first-order valence-corrected chi connectivity index (χ1v) is 10.0. The minimum Gasteiger partial charge on any atom is -0.454 e. The lowest BCUT2D eigenvalue weighted by atomic mass is 9.99. The Hall–Kier alpha value is -2.69.